The van der Waals surface area contributed by atoms with E-state index < -0.39 is 5.41 Å². The van der Waals surface area contributed by atoms with Crippen molar-refractivity contribution < 1.29 is 4.79 Å². The summed E-state index contributed by atoms with van der Waals surface area (Å²) in [6.45, 7) is 6.67. The molecule has 29 heavy (non-hydrogen) atoms. The fourth-order valence-electron chi connectivity index (χ4n) is 6.38. The lowest BCUT2D eigenvalue weighted by atomic mass is 9.67. The maximum absolute atomic E-state index is 14.4. The lowest BCUT2D eigenvalue weighted by Gasteiger charge is -2.40. The van der Waals surface area contributed by atoms with Crippen molar-refractivity contribution in [3.05, 3.63) is 65.5 Å². The Kier molecular flexibility index (Phi) is 3.21. The predicted molar refractivity (Wildman–Crippen MR) is 114 cm³/mol. The van der Waals surface area contributed by atoms with E-state index in [4.69, 9.17) is 9.97 Å². The second-order valence-corrected chi connectivity index (χ2v) is 9.52. The Balaban J connectivity index is 1.58. The number of anilines is 1. The van der Waals surface area contributed by atoms with Gasteiger partial charge in [0.25, 0.3) is 0 Å². The highest BCUT2D eigenvalue weighted by Crippen LogP contribution is 2.68. The number of fused-ring (bicyclic) bond motifs is 7. The molecule has 1 saturated carbocycles. The normalized spacial score (nSPS) is 28.6. The molecule has 0 N–H and O–H groups in total. The Labute approximate surface area is 171 Å². The van der Waals surface area contributed by atoms with E-state index in [1.54, 1.807) is 0 Å². The molecule has 1 fully saturated rings. The Morgan fingerprint density at radius 3 is 2.52 bits per heavy atom. The van der Waals surface area contributed by atoms with Gasteiger partial charge in [-0.2, -0.15) is 0 Å². The van der Waals surface area contributed by atoms with Crippen molar-refractivity contribution >= 4 is 22.6 Å². The molecular weight excluding hydrogens is 358 g/mol. The third kappa shape index (κ3) is 1.92. The smallest absolute Gasteiger partial charge is 0.240 e. The predicted octanol–water partition coefficient (Wildman–Crippen LogP) is 4.76. The standard InChI is InChI=1S/C25H25N3O/c1-15-14-16-8-4-7-11-20(16)28(15)23(29)25-13-12-17(24(25,2)3)21-22(25)27-19-10-6-5-9-18(19)26-21/h4-11,15,17H,12-14H2,1-3H3. The van der Waals surface area contributed by atoms with Crippen molar-refractivity contribution in [2.75, 3.05) is 4.90 Å². The minimum atomic E-state index is -0.601. The Bertz CT molecular complexity index is 1180. The molecule has 3 unspecified atom stereocenters. The summed E-state index contributed by atoms with van der Waals surface area (Å²) >= 11 is 0. The van der Waals surface area contributed by atoms with E-state index in [1.807, 2.05) is 30.3 Å². The van der Waals surface area contributed by atoms with Crippen LogP contribution >= 0.6 is 0 Å². The van der Waals surface area contributed by atoms with E-state index >= 15 is 0 Å². The lowest BCUT2D eigenvalue weighted by molar-refractivity contribution is -0.127. The molecule has 2 aliphatic carbocycles. The number of carbonyl (C=O) groups excluding carboxylic acids is 1. The zero-order chi connectivity index (χ0) is 20.0. The van der Waals surface area contributed by atoms with E-state index in [0.29, 0.717) is 0 Å². The number of hydrogen-bond donors (Lipinski definition) is 0. The van der Waals surface area contributed by atoms with Crippen LogP contribution in [0.1, 0.15) is 56.5 Å². The molecule has 3 aliphatic rings. The number of hydrogen-bond acceptors (Lipinski definition) is 3. The Morgan fingerprint density at radius 1 is 1.03 bits per heavy atom. The van der Waals surface area contributed by atoms with Crippen LogP contribution in [0.15, 0.2) is 48.5 Å². The highest BCUT2D eigenvalue weighted by atomic mass is 16.2. The number of para-hydroxylation sites is 3. The van der Waals surface area contributed by atoms with Crippen LogP contribution in [-0.4, -0.2) is 21.9 Å². The van der Waals surface area contributed by atoms with E-state index in [1.165, 1.54) is 5.56 Å². The van der Waals surface area contributed by atoms with Crippen LogP contribution in [0.4, 0.5) is 5.69 Å². The average Bonchev–Trinajstić information content (AvgIpc) is 3.26. The van der Waals surface area contributed by atoms with Crippen LogP contribution in [0, 0.1) is 5.41 Å². The minimum absolute atomic E-state index is 0.168. The van der Waals surface area contributed by atoms with E-state index in [2.05, 4.69) is 43.9 Å². The van der Waals surface area contributed by atoms with Gasteiger partial charge in [-0.15, -0.1) is 0 Å². The monoisotopic (exact) mass is 383 g/mol. The molecule has 1 aromatic heterocycles. The molecule has 2 bridgehead atoms. The number of benzene rings is 2. The Hall–Kier alpha value is -2.75. The van der Waals surface area contributed by atoms with Crippen LogP contribution in [0.5, 0.6) is 0 Å². The SMILES string of the molecule is CC1Cc2ccccc2N1C(=O)C12CCC(c3nc4ccccc4nc31)C2(C)C. The summed E-state index contributed by atoms with van der Waals surface area (Å²) in [6, 6.07) is 16.5. The molecule has 0 radical (unpaired) electrons. The maximum Gasteiger partial charge on any atom is 0.240 e. The molecule has 4 heteroatoms. The fraction of sp³-hybridized carbons (Fsp3) is 0.400. The van der Waals surface area contributed by atoms with E-state index in [-0.39, 0.29) is 23.3 Å². The van der Waals surface area contributed by atoms with Crippen molar-refractivity contribution in [1.29, 1.82) is 0 Å². The van der Waals surface area contributed by atoms with Gasteiger partial charge in [0.2, 0.25) is 5.91 Å². The molecule has 146 valence electrons. The van der Waals surface area contributed by atoms with Gasteiger partial charge in [-0.1, -0.05) is 44.2 Å². The van der Waals surface area contributed by atoms with Crippen molar-refractivity contribution in [3.8, 4) is 0 Å². The van der Waals surface area contributed by atoms with Crippen LogP contribution in [0.2, 0.25) is 0 Å². The molecule has 1 amide bonds. The van der Waals surface area contributed by atoms with Gasteiger partial charge in [-0.3, -0.25) is 4.79 Å². The van der Waals surface area contributed by atoms with Gasteiger partial charge in [0.15, 0.2) is 0 Å². The van der Waals surface area contributed by atoms with E-state index in [9.17, 15) is 4.79 Å². The van der Waals surface area contributed by atoms with Crippen LogP contribution in [0.25, 0.3) is 11.0 Å². The molecular formula is C25H25N3O. The maximum atomic E-state index is 14.4. The number of aromatic nitrogens is 2. The van der Waals surface area contributed by atoms with Gasteiger partial charge in [0.1, 0.15) is 0 Å². The molecule has 3 aromatic rings. The summed E-state index contributed by atoms with van der Waals surface area (Å²) in [5.41, 5.74) is 5.33. The first-order chi connectivity index (χ1) is 13.9. The summed E-state index contributed by atoms with van der Waals surface area (Å²) in [4.78, 5) is 26.5. The summed E-state index contributed by atoms with van der Waals surface area (Å²) in [6.07, 6.45) is 2.77. The summed E-state index contributed by atoms with van der Waals surface area (Å²) in [5.74, 6) is 0.498. The Morgan fingerprint density at radius 2 is 1.72 bits per heavy atom. The summed E-state index contributed by atoms with van der Waals surface area (Å²) in [7, 11) is 0. The third-order valence-electron chi connectivity index (χ3n) is 7.90. The quantitative estimate of drug-likeness (QED) is 0.608. The van der Waals surface area contributed by atoms with Crippen molar-refractivity contribution in [3.63, 3.8) is 0 Å². The van der Waals surface area contributed by atoms with Crippen molar-refractivity contribution in [2.45, 2.75) is 57.4 Å². The first-order valence-corrected chi connectivity index (χ1v) is 10.6. The summed E-state index contributed by atoms with van der Waals surface area (Å²) < 4.78 is 0. The molecule has 4 nitrogen and oxygen atoms in total. The third-order valence-corrected chi connectivity index (χ3v) is 7.90. The molecule has 2 aromatic carbocycles. The zero-order valence-electron chi connectivity index (χ0n) is 17.1. The first-order valence-electron chi connectivity index (χ1n) is 10.6. The van der Waals surface area contributed by atoms with Gasteiger partial charge in [-0.05, 0) is 55.4 Å². The van der Waals surface area contributed by atoms with Crippen LogP contribution in [-0.2, 0) is 16.6 Å². The zero-order valence-corrected chi connectivity index (χ0v) is 17.1. The fourth-order valence-corrected chi connectivity index (χ4v) is 6.38. The van der Waals surface area contributed by atoms with Crippen LogP contribution in [0.3, 0.4) is 0 Å². The first kappa shape index (κ1) is 17.1. The molecule has 3 atom stereocenters. The van der Waals surface area contributed by atoms with Crippen molar-refractivity contribution in [2.24, 2.45) is 5.41 Å². The topological polar surface area (TPSA) is 46.1 Å². The van der Waals surface area contributed by atoms with Gasteiger partial charge >= 0.3 is 0 Å². The number of rotatable bonds is 1. The highest BCUT2D eigenvalue weighted by Gasteiger charge is 2.69. The second kappa shape index (κ2) is 5.44. The summed E-state index contributed by atoms with van der Waals surface area (Å²) in [5, 5.41) is 0. The largest absolute Gasteiger partial charge is 0.308 e. The van der Waals surface area contributed by atoms with Gasteiger partial charge in [0.05, 0.1) is 27.8 Å². The van der Waals surface area contributed by atoms with Crippen LogP contribution < -0.4 is 4.90 Å². The van der Waals surface area contributed by atoms with Gasteiger partial charge in [-0.25, -0.2) is 9.97 Å². The minimum Gasteiger partial charge on any atom is -0.308 e. The number of nitrogens with zero attached hydrogens (tertiary/aromatic N) is 3. The van der Waals surface area contributed by atoms with E-state index in [0.717, 1.165) is 47.4 Å². The van der Waals surface area contributed by atoms with Gasteiger partial charge < -0.3 is 4.90 Å². The number of carbonyl (C=O) groups is 1. The van der Waals surface area contributed by atoms with Gasteiger partial charge in [0, 0.05) is 17.6 Å². The molecule has 6 rings (SSSR count). The van der Waals surface area contributed by atoms with Crippen molar-refractivity contribution in [1.82, 2.24) is 9.97 Å². The highest BCUT2D eigenvalue weighted by molar-refractivity contribution is 6.05. The molecule has 0 saturated heterocycles. The number of amides is 1. The average molecular weight is 383 g/mol. The molecule has 0 spiro atoms. The lowest BCUT2D eigenvalue weighted by Crippen LogP contribution is -2.53. The second-order valence-electron chi connectivity index (χ2n) is 9.52. The molecule has 2 heterocycles. The molecule has 1 aliphatic heterocycles.